The quantitative estimate of drug-likeness (QED) is 0.720. The lowest BCUT2D eigenvalue weighted by atomic mass is 9.99. The molecule has 0 radical (unpaired) electrons. The van der Waals surface area contributed by atoms with E-state index in [2.05, 4.69) is 20.2 Å². The molecule has 0 spiro atoms. The monoisotopic (exact) mass is 311 g/mol. The summed E-state index contributed by atoms with van der Waals surface area (Å²) in [6.07, 6.45) is 9.28. The number of methoxy groups -OCH3 is 1. The van der Waals surface area contributed by atoms with Crippen LogP contribution in [0.5, 0.6) is 0 Å². The third kappa shape index (κ3) is 2.43. The van der Waals surface area contributed by atoms with Gasteiger partial charge < -0.3 is 9.26 Å². The number of pyridine rings is 1. The molecule has 0 N–H and O–H groups in total. The molecule has 4 rings (SSSR count). The van der Waals surface area contributed by atoms with E-state index in [0.29, 0.717) is 17.6 Å². The molecule has 0 bridgehead atoms. The van der Waals surface area contributed by atoms with Gasteiger partial charge in [0.05, 0.1) is 17.4 Å². The molecule has 1 aliphatic carbocycles. The average molecular weight is 311 g/mol. The van der Waals surface area contributed by atoms with Gasteiger partial charge in [-0.2, -0.15) is 10.1 Å². The van der Waals surface area contributed by atoms with Crippen LogP contribution in [-0.2, 0) is 10.3 Å². The van der Waals surface area contributed by atoms with Gasteiger partial charge >= 0.3 is 0 Å². The van der Waals surface area contributed by atoms with Crippen molar-refractivity contribution in [3.8, 4) is 17.1 Å². The summed E-state index contributed by atoms with van der Waals surface area (Å²) in [5.74, 6) is 1.50. The summed E-state index contributed by atoms with van der Waals surface area (Å²) in [7, 11) is 1.69. The highest BCUT2D eigenvalue weighted by Gasteiger charge is 2.46. The molecular formula is C16H17N5O2. The fourth-order valence-electron chi connectivity index (χ4n) is 2.69. The summed E-state index contributed by atoms with van der Waals surface area (Å²) in [5.41, 5.74) is 1.21. The number of aromatic nitrogens is 5. The normalized spacial score (nSPS) is 17.1. The van der Waals surface area contributed by atoms with Crippen molar-refractivity contribution in [2.24, 2.45) is 5.92 Å². The van der Waals surface area contributed by atoms with Gasteiger partial charge in [0.2, 0.25) is 5.82 Å². The van der Waals surface area contributed by atoms with E-state index in [9.17, 15) is 0 Å². The first kappa shape index (κ1) is 14.1. The van der Waals surface area contributed by atoms with Crippen LogP contribution in [0.15, 0.2) is 41.4 Å². The third-order valence-electron chi connectivity index (χ3n) is 4.41. The second kappa shape index (κ2) is 5.27. The van der Waals surface area contributed by atoms with Crippen LogP contribution in [0, 0.1) is 5.92 Å². The van der Waals surface area contributed by atoms with E-state index in [1.54, 1.807) is 30.4 Å². The lowest BCUT2D eigenvalue weighted by Gasteiger charge is -2.23. The number of hydrogen-bond acceptors (Lipinski definition) is 6. The SMILES string of the molecule is COC(C)(c1noc(-c2cnn(-c3ccncc3)c2)n1)C1CC1. The van der Waals surface area contributed by atoms with Crippen molar-refractivity contribution in [3.63, 3.8) is 0 Å². The molecule has 0 aromatic carbocycles. The van der Waals surface area contributed by atoms with Gasteiger partial charge in [0, 0.05) is 25.7 Å². The second-order valence-electron chi connectivity index (χ2n) is 5.89. The highest BCUT2D eigenvalue weighted by molar-refractivity contribution is 5.51. The molecule has 1 atom stereocenters. The summed E-state index contributed by atoms with van der Waals surface area (Å²) in [4.78, 5) is 8.53. The Balaban J connectivity index is 1.64. The Morgan fingerprint density at radius 3 is 2.78 bits per heavy atom. The molecule has 118 valence electrons. The van der Waals surface area contributed by atoms with E-state index in [0.717, 1.165) is 24.1 Å². The van der Waals surface area contributed by atoms with Crippen molar-refractivity contribution in [1.29, 1.82) is 0 Å². The second-order valence-corrected chi connectivity index (χ2v) is 5.89. The zero-order valence-corrected chi connectivity index (χ0v) is 13.0. The number of rotatable bonds is 5. The standard InChI is InChI=1S/C16H17N5O2/c1-16(22-2,12-3-4-12)15-19-14(23-20-15)11-9-18-21(10-11)13-5-7-17-8-6-13/h5-10,12H,3-4H2,1-2H3. The Hall–Kier alpha value is -2.54. The average Bonchev–Trinajstić information content (AvgIpc) is 3.14. The van der Waals surface area contributed by atoms with Crippen LogP contribution >= 0.6 is 0 Å². The van der Waals surface area contributed by atoms with Crippen molar-refractivity contribution in [2.45, 2.75) is 25.4 Å². The van der Waals surface area contributed by atoms with Crippen LogP contribution in [-0.4, -0.2) is 32.0 Å². The van der Waals surface area contributed by atoms with Crippen molar-refractivity contribution in [3.05, 3.63) is 42.7 Å². The van der Waals surface area contributed by atoms with E-state index < -0.39 is 5.60 Å². The molecule has 7 nitrogen and oxygen atoms in total. The predicted molar refractivity (Wildman–Crippen MR) is 81.7 cm³/mol. The van der Waals surface area contributed by atoms with E-state index in [1.807, 2.05) is 25.3 Å². The van der Waals surface area contributed by atoms with Gasteiger partial charge in [-0.25, -0.2) is 4.68 Å². The third-order valence-corrected chi connectivity index (χ3v) is 4.41. The molecule has 3 heterocycles. The maximum Gasteiger partial charge on any atom is 0.261 e. The van der Waals surface area contributed by atoms with Crippen molar-refractivity contribution >= 4 is 0 Å². The first-order chi connectivity index (χ1) is 11.2. The van der Waals surface area contributed by atoms with Crippen molar-refractivity contribution in [1.82, 2.24) is 24.9 Å². The van der Waals surface area contributed by atoms with Crippen LogP contribution in [0.3, 0.4) is 0 Å². The minimum Gasteiger partial charge on any atom is -0.370 e. The summed E-state index contributed by atoms with van der Waals surface area (Å²) in [6, 6.07) is 3.76. The van der Waals surface area contributed by atoms with Crippen LogP contribution in [0.1, 0.15) is 25.6 Å². The molecule has 3 aromatic heterocycles. The summed E-state index contributed by atoms with van der Waals surface area (Å²) >= 11 is 0. The molecular weight excluding hydrogens is 294 g/mol. The summed E-state index contributed by atoms with van der Waals surface area (Å²) < 4.78 is 12.8. The zero-order valence-electron chi connectivity index (χ0n) is 13.0. The molecule has 1 fully saturated rings. The van der Waals surface area contributed by atoms with E-state index in [-0.39, 0.29) is 0 Å². The number of ether oxygens (including phenoxy) is 1. The van der Waals surface area contributed by atoms with Gasteiger partial charge in [0.15, 0.2) is 0 Å². The first-order valence-corrected chi connectivity index (χ1v) is 7.55. The molecule has 23 heavy (non-hydrogen) atoms. The van der Waals surface area contributed by atoms with Crippen LogP contribution in [0.4, 0.5) is 0 Å². The van der Waals surface area contributed by atoms with Gasteiger partial charge in [-0.15, -0.1) is 0 Å². The van der Waals surface area contributed by atoms with Crippen molar-refractivity contribution < 1.29 is 9.26 Å². The molecule has 0 saturated heterocycles. The van der Waals surface area contributed by atoms with Crippen LogP contribution in [0.25, 0.3) is 17.1 Å². The smallest absolute Gasteiger partial charge is 0.261 e. The van der Waals surface area contributed by atoms with Crippen LogP contribution < -0.4 is 0 Å². The zero-order chi connectivity index (χ0) is 15.9. The fraction of sp³-hybridized carbons (Fsp3) is 0.375. The molecule has 1 unspecified atom stereocenters. The van der Waals surface area contributed by atoms with Crippen molar-refractivity contribution in [2.75, 3.05) is 7.11 Å². The Labute approximate surface area is 133 Å². The lowest BCUT2D eigenvalue weighted by molar-refractivity contribution is -0.0269. The molecule has 1 aliphatic rings. The largest absolute Gasteiger partial charge is 0.370 e. The predicted octanol–water partition coefficient (Wildman–Crippen LogP) is 2.59. The van der Waals surface area contributed by atoms with Gasteiger partial charge in [-0.1, -0.05) is 5.16 Å². The number of hydrogen-bond donors (Lipinski definition) is 0. The minimum atomic E-state index is -0.483. The fourth-order valence-corrected chi connectivity index (χ4v) is 2.69. The van der Waals surface area contributed by atoms with Crippen LogP contribution in [0.2, 0.25) is 0 Å². The minimum absolute atomic E-state index is 0.448. The Morgan fingerprint density at radius 2 is 2.09 bits per heavy atom. The van der Waals surface area contributed by atoms with Gasteiger partial charge in [0.25, 0.3) is 5.89 Å². The lowest BCUT2D eigenvalue weighted by Crippen LogP contribution is -2.28. The maximum atomic E-state index is 5.66. The summed E-state index contributed by atoms with van der Waals surface area (Å²) in [6.45, 7) is 2.01. The molecule has 1 saturated carbocycles. The van der Waals surface area contributed by atoms with E-state index in [4.69, 9.17) is 9.26 Å². The van der Waals surface area contributed by atoms with Gasteiger partial charge in [-0.3, -0.25) is 4.98 Å². The Bertz CT molecular complexity index is 809. The summed E-state index contributed by atoms with van der Waals surface area (Å²) in [5, 5.41) is 8.45. The highest BCUT2D eigenvalue weighted by Crippen LogP contribution is 2.46. The first-order valence-electron chi connectivity index (χ1n) is 7.55. The molecule has 7 heteroatoms. The van der Waals surface area contributed by atoms with Gasteiger partial charge in [0.1, 0.15) is 5.60 Å². The van der Waals surface area contributed by atoms with E-state index in [1.165, 1.54) is 0 Å². The van der Waals surface area contributed by atoms with Gasteiger partial charge in [-0.05, 0) is 37.8 Å². The molecule has 3 aromatic rings. The molecule has 0 aliphatic heterocycles. The van der Waals surface area contributed by atoms with E-state index >= 15 is 0 Å². The topological polar surface area (TPSA) is 78.9 Å². The number of nitrogens with zero attached hydrogens (tertiary/aromatic N) is 5. The Kier molecular flexibility index (Phi) is 3.23. The Morgan fingerprint density at radius 1 is 1.30 bits per heavy atom. The highest BCUT2D eigenvalue weighted by atomic mass is 16.5. The molecule has 0 amide bonds. The maximum absolute atomic E-state index is 5.66.